The molecule has 43 heavy (non-hydrogen) atoms. The predicted molar refractivity (Wildman–Crippen MR) is 170 cm³/mol. The number of hydrogen-bond acceptors (Lipinski definition) is 7. The minimum absolute atomic E-state index is 0.152. The second-order valence-corrected chi connectivity index (χ2v) is 13.4. The maximum absolute atomic E-state index is 13.2. The molecule has 2 aliphatic heterocycles. The van der Waals surface area contributed by atoms with Crippen LogP contribution in [0.25, 0.3) is 0 Å². The molecular weight excluding hydrogens is 546 g/mol. The van der Waals surface area contributed by atoms with E-state index >= 15 is 0 Å². The van der Waals surface area contributed by atoms with Crippen molar-refractivity contribution in [3.63, 3.8) is 0 Å². The summed E-state index contributed by atoms with van der Waals surface area (Å²) >= 11 is 0. The van der Waals surface area contributed by atoms with E-state index < -0.39 is 11.2 Å². The van der Waals surface area contributed by atoms with Crippen molar-refractivity contribution < 1.29 is 23.9 Å². The number of rotatable bonds is 4. The third kappa shape index (κ3) is 8.55. The SMILES string of the molecule is Cc1cc(N2CCN(C(=O)OC(C)(C)C)CC2)ccc1NC(=O)c1ccc(N2CCN(C(=O)OC(C)(C)C)CC2)cc1C. The number of aryl methyl sites for hydroxylation is 2. The van der Waals surface area contributed by atoms with E-state index in [1.165, 1.54) is 0 Å². The van der Waals surface area contributed by atoms with Crippen LogP contribution >= 0.6 is 0 Å². The van der Waals surface area contributed by atoms with Crippen LogP contribution in [0.1, 0.15) is 63.0 Å². The molecule has 3 amide bonds. The van der Waals surface area contributed by atoms with Gasteiger partial charge in [-0.3, -0.25) is 4.79 Å². The van der Waals surface area contributed by atoms with Crippen molar-refractivity contribution in [1.82, 2.24) is 9.80 Å². The van der Waals surface area contributed by atoms with Gasteiger partial charge in [-0.15, -0.1) is 0 Å². The normalized spacial score (nSPS) is 16.2. The van der Waals surface area contributed by atoms with Crippen LogP contribution in [0.5, 0.6) is 0 Å². The first-order valence-electron chi connectivity index (χ1n) is 15.1. The van der Waals surface area contributed by atoms with Gasteiger partial charge in [0.05, 0.1) is 0 Å². The van der Waals surface area contributed by atoms with E-state index in [1.54, 1.807) is 9.80 Å². The van der Waals surface area contributed by atoms with Gasteiger partial charge < -0.3 is 34.4 Å². The lowest BCUT2D eigenvalue weighted by atomic mass is 10.1. The molecule has 0 atom stereocenters. The number of anilines is 3. The summed E-state index contributed by atoms with van der Waals surface area (Å²) in [5, 5.41) is 3.08. The number of piperazine rings is 2. The molecule has 0 aliphatic carbocycles. The number of amides is 3. The van der Waals surface area contributed by atoms with E-state index in [0.717, 1.165) is 28.2 Å². The summed E-state index contributed by atoms with van der Waals surface area (Å²) in [6.45, 7) is 20.4. The van der Waals surface area contributed by atoms with Crippen molar-refractivity contribution in [3.8, 4) is 0 Å². The van der Waals surface area contributed by atoms with Crippen LogP contribution in [0.2, 0.25) is 0 Å². The van der Waals surface area contributed by atoms with E-state index in [2.05, 4.69) is 21.2 Å². The lowest BCUT2D eigenvalue weighted by Crippen LogP contribution is -2.50. The largest absolute Gasteiger partial charge is 0.444 e. The van der Waals surface area contributed by atoms with Crippen molar-refractivity contribution in [3.05, 3.63) is 53.1 Å². The van der Waals surface area contributed by atoms with Crippen molar-refractivity contribution in [2.75, 3.05) is 67.5 Å². The molecule has 4 rings (SSSR count). The van der Waals surface area contributed by atoms with Crippen molar-refractivity contribution in [1.29, 1.82) is 0 Å². The number of nitrogens with zero attached hydrogens (tertiary/aromatic N) is 4. The van der Waals surface area contributed by atoms with Crippen LogP contribution in [0.4, 0.5) is 26.7 Å². The fourth-order valence-electron chi connectivity index (χ4n) is 5.22. The zero-order valence-electron chi connectivity index (χ0n) is 27.0. The highest BCUT2D eigenvalue weighted by Gasteiger charge is 2.28. The Morgan fingerprint density at radius 2 is 1.05 bits per heavy atom. The van der Waals surface area contributed by atoms with E-state index in [4.69, 9.17) is 9.47 Å². The topological polar surface area (TPSA) is 94.7 Å². The summed E-state index contributed by atoms with van der Waals surface area (Å²) in [4.78, 5) is 46.0. The predicted octanol–water partition coefficient (Wildman–Crippen LogP) is 5.67. The standard InChI is InChI=1S/C33H47N5O5/c1-23-21-25(35-13-17-37(18-14-35)30(40)42-32(3,4)5)9-11-27(23)29(39)34-28-12-10-26(22-24(28)2)36-15-19-38(20-16-36)31(41)43-33(6,7)8/h9-12,21-22H,13-20H2,1-8H3,(H,34,39). The fourth-order valence-corrected chi connectivity index (χ4v) is 5.22. The first-order valence-corrected chi connectivity index (χ1v) is 15.1. The Hall–Kier alpha value is -3.95. The summed E-state index contributed by atoms with van der Waals surface area (Å²) in [7, 11) is 0. The van der Waals surface area contributed by atoms with Gasteiger partial charge >= 0.3 is 12.2 Å². The van der Waals surface area contributed by atoms with Crippen LogP contribution in [0.15, 0.2) is 36.4 Å². The number of carbonyl (C=O) groups is 3. The zero-order valence-corrected chi connectivity index (χ0v) is 27.0. The van der Waals surface area contributed by atoms with Crippen LogP contribution in [0.3, 0.4) is 0 Å². The fraction of sp³-hybridized carbons (Fsp3) is 0.545. The van der Waals surface area contributed by atoms with E-state index in [0.29, 0.717) is 57.9 Å². The summed E-state index contributed by atoms with van der Waals surface area (Å²) in [6, 6.07) is 11.9. The molecule has 0 bridgehead atoms. The van der Waals surface area contributed by atoms with Crippen molar-refractivity contribution in [2.45, 2.75) is 66.6 Å². The molecular formula is C33H47N5O5. The molecule has 0 aromatic heterocycles. The third-order valence-electron chi connectivity index (χ3n) is 7.51. The lowest BCUT2D eigenvalue weighted by molar-refractivity contribution is 0.0230. The summed E-state index contributed by atoms with van der Waals surface area (Å²) < 4.78 is 11.0. The number of ether oxygens (including phenoxy) is 2. The Morgan fingerprint density at radius 3 is 1.44 bits per heavy atom. The van der Waals surface area contributed by atoms with Gasteiger partial charge in [-0.05, 0) is 103 Å². The van der Waals surface area contributed by atoms with Crippen LogP contribution < -0.4 is 15.1 Å². The zero-order chi connectivity index (χ0) is 31.5. The number of hydrogen-bond donors (Lipinski definition) is 1. The maximum atomic E-state index is 13.2. The van der Waals surface area contributed by atoms with Crippen LogP contribution in [0, 0.1) is 13.8 Å². The van der Waals surface area contributed by atoms with Gasteiger partial charge in [0, 0.05) is 75.0 Å². The second-order valence-electron chi connectivity index (χ2n) is 13.4. The molecule has 0 radical (unpaired) electrons. The minimum atomic E-state index is -0.511. The molecule has 234 valence electrons. The Balaban J connectivity index is 1.32. The highest BCUT2D eigenvalue weighted by atomic mass is 16.6. The summed E-state index contributed by atoms with van der Waals surface area (Å²) in [5.74, 6) is -0.152. The van der Waals surface area contributed by atoms with Crippen molar-refractivity contribution >= 4 is 35.2 Å². The third-order valence-corrected chi connectivity index (χ3v) is 7.51. The Labute approximate surface area is 255 Å². The Kier molecular flexibility index (Phi) is 9.47. The maximum Gasteiger partial charge on any atom is 0.410 e. The molecule has 2 saturated heterocycles. The van der Waals surface area contributed by atoms with E-state index in [-0.39, 0.29) is 18.1 Å². The highest BCUT2D eigenvalue weighted by Crippen LogP contribution is 2.26. The lowest BCUT2D eigenvalue weighted by Gasteiger charge is -2.37. The van der Waals surface area contributed by atoms with E-state index in [1.807, 2.05) is 85.7 Å². The molecule has 2 heterocycles. The smallest absolute Gasteiger partial charge is 0.410 e. The minimum Gasteiger partial charge on any atom is -0.444 e. The number of carbonyl (C=O) groups excluding carboxylic acids is 3. The first kappa shape index (κ1) is 32.0. The first-order chi connectivity index (χ1) is 20.1. The molecule has 0 saturated carbocycles. The van der Waals surface area contributed by atoms with Gasteiger partial charge in [0.2, 0.25) is 0 Å². The number of nitrogens with one attached hydrogen (secondary N) is 1. The van der Waals surface area contributed by atoms with Gasteiger partial charge in [0.25, 0.3) is 5.91 Å². The quantitative estimate of drug-likeness (QED) is 0.488. The molecule has 0 spiro atoms. The Morgan fingerprint density at radius 1 is 0.628 bits per heavy atom. The second kappa shape index (κ2) is 12.7. The average molecular weight is 594 g/mol. The average Bonchev–Trinajstić information content (AvgIpc) is 2.92. The summed E-state index contributed by atoms with van der Waals surface area (Å²) in [5.41, 5.74) is 4.33. The Bertz CT molecular complexity index is 1330. The molecule has 10 nitrogen and oxygen atoms in total. The molecule has 2 aliphatic rings. The molecule has 2 fully saturated rings. The van der Waals surface area contributed by atoms with Gasteiger partial charge in [0.15, 0.2) is 0 Å². The summed E-state index contributed by atoms with van der Waals surface area (Å²) in [6.07, 6.45) is -0.551. The monoisotopic (exact) mass is 593 g/mol. The molecule has 2 aromatic rings. The highest BCUT2D eigenvalue weighted by molar-refractivity contribution is 6.06. The van der Waals surface area contributed by atoms with Gasteiger partial charge in [-0.2, -0.15) is 0 Å². The molecule has 0 unspecified atom stereocenters. The molecule has 1 N–H and O–H groups in total. The molecule has 2 aromatic carbocycles. The van der Waals surface area contributed by atoms with Gasteiger partial charge in [-0.1, -0.05) is 0 Å². The number of benzene rings is 2. The van der Waals surface area contributed by atoms with Crippen LogP contribution in [-0.4, -0.2) is 91.5 Å². The molecule has 10 heteroatoms. The van der Waals surface area contributed by atoms with Gasteiger partial charge in [0.1, 0.15) is 11.2 Å². The van der Waals surface area contributed by atoms with Gasteiger partial charge in [-0.25, -0.2) is 9.59 Å². The van der Waals surface area contributed by atoms with Crippen molar-refractivity contribution in [2.24, 2.45) is 0 Å². The van der Waals surface area contributed by atoms with Crippen LogP contribution in [-0.2, 0) is 9.47 Å². The van der Waals surface area contributed by atoms with E-state index in [9.17, 15) is 14.4 Å².